The van der Waals surface area contributed by atoms with Gasteiger partial charge in [-0.2, -0.15) is 0 Å². The number of rotatable bonds is 5. The maximum Gasteiger partial charge on any atom is 0.264 e. The lowest BCUT2D eigenvalue weighted by molar-refractivity contribution is -0.115. The molecule has 1 saturated heterocycles. The molecule has 1 amide bonds. The summed E-state index contributed by atoms with van der Waals surface area (Å²) in [6.45, 7) is 2.53. The average Bonchev–Trinajstić information content (AvgIpc) is 3.09. The van der Waals surface area contributed by atoms with Gasteiger partial charge in [0, 0.05) is 4.47 Å². The fourth-order valence-corrected chi connectivity index (χ4v) is 3.88. The molecule has 3 aromatic rings. The van der Waals surface area contributed by atoms with Gasteiger partial charge in [-0.25, -0.2) is 4.99 Å². The van der Waals surface area contributed by atoms with Crippen LogP contribution in [0, 0.1) is 6.92 Å². The Morgan fingerprint density at radius 1 is 1.00 bits per heavy atom. The zero-order chi connectivity index (χ0) is 20.9. The second-order valence-corrected chi connectivity index (χ2v) is 8.75. The van der Waals surface area contributed by atoms with Crippen LogP contribution in [0.3, 0.4) is 0 Å². The van der Waals surface area contributed by atoms with E-state index in [4.69, 9.17) is 4.74 Å². The summed E-state index contributed by atoms with van der Waals surface area (Å²) in [7, 11) is 0. The second kappa shape index (κ2) is 9.32. The molecule has 1 aliphatic rings. The summed E-state index contributed by atoms with van der Waals surface area (Å²) < 4.78 is 6.88. The van der Waals surface area contributed by atoms with Crippen molar-refractivity contribution in [1.82, 2.24) is 5.32 Å². The first kappa shape index (κ1) is 20.4. The quantitative estimate of drug-likeness (QED) is 0.442. The Labute approximate surface area is 188 Å². The van der Waals surface area contributed by atoms with E-state index in [1.54, 1.807) is 0 Å². The summed E-state index contributed by atoms with van der Waals surface area (Å²) in [5.41, 5.74) is 4.02. The minimum atomic E-state index is -0.138. The predicted octanol–water partition coefficient (Wildman–Crippen LogP) is 6.23. The zero-order valence-electron chi connectivity index (χ0n) is 16.3. The Balaban J connectivity index is 1.39. The van der Waals surface area contributed by atoms with Crippen LogP contribution in [0.15, 0.2) is 87.2 Å². The van der Waals surface area contributed by atoms with Gasteiger partial charge in [-0.1, -0.05) is 57.9 Å². The molecule has 30 heavy (non-hydrogen) atoms. The summed E-state index contributed by atoms with van der Waals surface area (Å²) in [4.78, 5) is 17.4. The summed E-state index contributed by atoms with van der Waals surface area (Å²) >= 11 is 4.77. The number of nitrogens with one attached hydrogen (secondary N) is 1. The van der Waals surface area contributed by atoms with Crippen LogP contribution in [0.5, 0.6) is 5.75 Å². The Morgan fingerprint density at radius 3 is 2.40 bits per heavy atom. The Kier molecular flexibility index (Phi) is 6.35. The summed E-state index contributed by atoms with van der Waals surface area (Å²) in [5, 5.41) is 3.41. The van der Waals surface area contributed by atoms with Crippen molar-refractivity contribution in [3.8, 4) is 5.75 Å². The molecule has 0 unspecified atom stereocenters. The molecule has 1 heterocycles. The van der Waals surface area contributed by atoms with Crippen LogP contribution in [0.1, 0.15) is 16.7 Å². The topological polar surface area (TPSA) is 50.7 Å². The van der Waals surface area contributed by atoms with E-state index in [2.05, 4.69) is 26.2 Å². The van der Waals surface area contributed by atoms with Crippen LogP contribution in [-0.2, 0) is 11.4 Å². The molecule has 1 fully saturated rings. The molecule has 3 aromatic carbocycles. The Hall–Kier alpha value is -2.83. The number of ether oxygens (including phenoxy) is 1. The highest BCUT2D eigenvalue weighted by molar-refractivity contribution is 9.10. The van der Waals surface area contributed by atoms with Gasteiger partial charge in [-0.05, 0) is 72.3 Å². The van der Waals surface area contributed by atoms with Gasteiger partial charge < -0.3 is 10.1 Å². The van der Waals surface area contributed by atoms with Gasteiger partial charge >= 0.3 is 0 Å². The average molecular weight is 479 g/mol. The zero-order valence-corrected chi connectivity index (χ0v) is 18.7. The molecule has 4 nitrogen and oxygen atoms in total. The highest BCUT2D eigenvalue weighted by Crippen LogP contribution is 2.28. The first-order chi connectivity index (χ1) is 14.5. The minimum Gasteiger partial charge on any atom is -0.489 e. The normalized spacial score (nSPS) is 16.1. The van der Waals surface area contributed by atoms with Gasteiger partial charge in [0.25, 0.3) is 5.91 Å². The fourth-order valence-electron chi connectivity index (χ4n) is 2.78. The third-order valence-corrected chi connectivity index (χ3v) is 5.85. The number of benzene rings is 3. The summed E-state index contributed by atoms with van der Waals surface area (Å²) in [6.07, 6.45) is 1.86. The molecule has 0 aromatic heterocycles. The van der Waals surface area contributed by atoms with Gasteiger partial charge in [0.15, 0.2) is 5.17 Å². The predicted molar refractivity (Wildman–Crippen MR) is 127 cm³/mol. The molecule has 1 aliphatic heterocycles. The fraction of sp³-hybridized carbons (Fsp3) is 0.0833. The molecular formula is C24H19BrN2O2S. The van der Waals surface area contributed by atoms with Gasteiger partial charge in [0.2, 0.25) is 0 Å². The van der Waals surface area contributed by atoms with Crippen molar-refractivity contribution in [2.45, 2.75) is 13.5 Å². The number of nitrogens with zero attached hydrogens (tertiary/aromatic N) is 1. The van der Waals surface area contributed by atoms with Crippen LogP contribution >= 0.6 is 27.7 Å². The maximum atomic E-state index is 12.3. The van der Waals surface area contributed by atoms with E-state index in [1.165, 1.54) is 17.3 Å². The molecule has 0 bridgehead atoms. The van der Waals surface area contributed by atoms with Crippen molar-refractivity contribution in [2.75, 3.05) is 0 Å². The van der Waals surface area contributed by atoms with Crippen LogP contribution in [0.4, 0.5) is 5.69 Å². The van der Waals surface area contributed by atoms with E-state index in [0.29, 0.717) is 16.7 Å². The minimum absolute atomic E-state index is 0.138. The first-order valence-electron chi connectivity index (χ1n) is 9.39. The van der Waals surface area contributed by atoms with E-state index in [0.717, 1.165) is 27.0 Å². The number of hydrogen-bond acceptors (Lipinski definition) is 4. The number of hydrogen-bond donors (Lipinski definition) is 1. The largest absolute Gasteiger partial charge is 0.489 e. The molecule has 150 valence electrons. The summed E-state index contributed by atoms with van der Waals surface area (Å²) in [5.74, 6) is 0.645. The number of halogens is 1. The molecule has 0 radical (unpaired) electrons. The Morgan fingerprint density at radius 2 is 1.70 bits per heavy atom. The van der Waals surface area contributed by atoms with E-state index in [9.17, 15) is 4.79 Å². The highest BCUT2D eigenvalue weighted by Gasteiger charge is 2.23. The Bertz CT molecular complexity index is 1110. The van der Waals surface area contributed by atoms with Crippen molar-refractivity contribution in [3.05, 3.63) is 98.9 Å². The molecule has 6 heteroatoms. The molecule has 1 N–H and O–H groups in total. The van der Waals surface area contributed by atoms with Gasteiger partial charge in [0.1, 0.15) is 12.4 Å². The van der Waals surface area contributed by atoms with Crippen LogP contribution in [0.2, 0.25) is 0 Å². The van der Waals surface area contributed by atoms with Gasteiger partial charge in [0.05, 0.1) is 10.6 Å². The lowest BCUT2D eigenvalue weighted by Gasteiger charge is -2.07. The van der Waals surface area contributed by atoms with Crippen molar-refractivity contribution >= 4 is 50.5 Å². The van der Waals surface area contributed by atoms with Crippen molar-refractivity contribution in [1.29, 1.82) is 0 Å². The molecular weight excluding hydrogens is 460 g/mol. The number of carbonyl (C=O) groups is 1. The lowest BCUT2D eigenvalue weighted by Crippen LogP contribution is -2.19. The number of aliphatic imine (C=N–C) groups is 1. The first-order valence-corrected chi connectivity index (χ1v) is 11.0. The molecule has 0 atom stereocenters. The number of aryl methyl sites for hydroxylation is 1. The maximum absolute atomic E-state index is 12.3. The van der Waals surface area contributed by atoms with Gasteiger partial charge in [-0.15, -0.1) is 0 Å². The molecule has 0 saturated carbocycles. The molecule has 0 spiro atoms. The van der Waals surface area contributed by atoms with Crippen LogP contribution in [-0.4, -0.2) is 11.1 Å². The standard InChI is InChI=1S/C24H19BrN2O2S/c1-16-2-10-20(11-3-16)26-24-27-23(28)22(30-24)14-17-6-12-21(13-7-17)29-15-18-4-8-19(25)9-5-18/h2-14H,15H2,1H3,(H,26,27,28)/b22-14+. The smallest absolute Gasteiger partial charge is 0.264 e. The monoisotopic (exact) mass is 478 g/mol. The SMILES string of the molecule is Cc1ccc(N=C2NC(=O)/C(=C\c3ccc(OCc4ccc(Br)cc4)cc3)S2)cc1. The summed E-state index contributed by atoms with van der Waals surface area (Å²) in [6, 6.07) is 23.6. The third-order valence-electron chi connectivity index (χ3n) is 4.41. The number of thioether (sulfide) groups is 1. The van der Waals surface area contributed by atoms with E-state index >= 15 is 0 Å². The van der Waals surface area contributed by atoms with Crippen molar-refractivity contribution in [3.63, 3.8) is 0 Å². The van der Waals surface area contributed by atoms with Crippen molar-refractivity contribution in [2.24, 2.45) is 4.99 Å². The lowest BCUT2D eigenvalue weighted by atomic mass is 10.2. The molecule has 0 aliphatic carbocycles. The second-order valence-electron chi connectivity index (χ2n) is 6.80. The number of amides is 1. The van der Waals surface area contributed by atoms with Crippen LogP contribution < -0.4 is 10.1 Å². The number of amidine groups is 1. The van der Waals surface area contributed by atoms with E-state index in [1.807, 2.05) is 85.8 Å². The third kappa shape index (κ3) is 5.40. The molecule has 4 rings (SSSR count). The van der Waals surface area contributed by atoms with Crippen molar-refractivity contribution < 1.29 is 9.53 Å². The highest BCUT2D eigenvalue weighted by atomic mass is 79.9. The van der Waals surface area contributed by atoms with Gasteiger partial charge in [-0.3, -0.25) is 4.79 Å². The van der Waals surface area contributed by atoms with E-state index < -0.39 is 0 Å². The number of carbonyl (C=O) groups excluding carboxylic acids is 1. The van der Waals surface area contributed by atoms with Crippen LogP contribution in [0.25, 0.3) is 6.08 Å². The van der Waals surface area contributed by atoms with E-state index in [-0.39, 0.29) is 5.91 Å².